The van der Waals surface area contributed by atoms with E-state index in [1.165, 1.54) is 22.1 Å². The fraction of sp³-hybridized carbons (Fsp3) is 0.333. The summed E-state index contributed by atoms with van der Waals surface area (Å²) in [6, 6.07) is 30.3. The predicted octanol–water partition coefficient (Wildman–Crippen LogP) is 5.13. The molecule has 0 saturated carbocycles. The number of ether oxygens (including phenoxy) is 1. The second-order valence-corrected chi connectivity index (χ2v) is 15.9. The molecule has 0 amide bonds. The maximum atomic E-state index is 12.9. The molecule has 4 rings (SSSR count). The Morgan fingerprint density at radius 2 is 1.43 bits per heavy atom. The number of benzene rings is 3. The first-order chi connectivity index (χ1) is 17.7. The van der Waals surface area contributed by atoms with Gasteiger partial charge in [-0.25, -0.2) is 0 Å². The molecule has 7 heteroatoms. The van der Waals surface area contributed by atoms with E-state index in [4.69, 9.17) is 9.16 Å². The van der Waals surface area contributed by atoms with Gasteiger partial charge in [-0.3, -0.25) is 9.59 Å². The summed E-state index contributed by atoms with van der Waals surface area (Å²) in [5.74, 6) is -1.71. The molecule has 0 spiro atoms. The van der Waals surface area contributed by atoms with Gasteiger partial charge in [0.25, 0.3) is 8.32 Å². The average molecular weight is 535 g/mol. The van der Waals surface area contributed by atoms with Gasteiger partial charge < -0.3 is 14.3 Å². The molecule has 0 radical (unpaired) electrons. The third kappa shape index (κ3) is 6.00. The van der Waals surface area contributed by atoms with Gasteiger partial charge in [0, 0.05) is 23.8 Å². The van der Waals surface area contributed by atoms with Crippen LogP contribution in [-0.2, 0) is 18.8 Å². The van der Waals surface area contributed by atoms with Gasteiger partial charge in [-0.15, -0.1) is 11.8 Å². The molecular weight excluding hydrogens is 500 g/mol. The fourth-order valence-corrected chi connectivity index (χ4v) is 11.0. The molecule has 0 aromatic heterocycles. The lowest BCUT2D eigenvalue weighted by Crippen LogP contribution is -2.66. The van der Waals surface area contributed by atoms with Crippen LogP contribution in [-0.4, -0.2) is 43.3 Å². The molecule has 1 aliphatic rings. The zero-order valence-electron chi connectivity index (χ0n) is 21.5. The van der Waals surface area contributed by atoms with Crippen molar-refractivity contribution in [2.24, 2.45) is 5.92 Å². The molecule has 5 nitrogen and oxygen atoms in total. The zero-order chi connectivity index (χ0) is 26.5. The van der Waals surface area contributed by atoms with E-state index in [0.29, 0.717) is 13.0 Å². The lowest BCUT2D eigenvalue weighted by Gasteiger charge is -2.43. The van der Waals surface area contributed by atoms with Gasteiger partial charge in [0.2, 0.25) is 0 Å². The van der Waals surface area contributed by atoms with Crippen LogP contribution in [0.3, 0.4) is 0 Å². The van der Waals surface area contributed by atoms with Crippen LogP contribution in [0.4, 0.5) is 0 Å². The molecule has 1 aliphatic heterocycles. The SMILES string of the molecule is CC(C)(C)[Si](OCC[C@H]1OC(=O)[C@@H](Sc2ccccc2)[C@@H]1CC(=O)O)(c1ccccc1)c1ccccc1. The number of hydrogen-bond donors (Lipinski definition) is 1. The summed E-state index contributed by atoms with van der Waals surface area (Å²) in [6.07, 6.45) is -0.191. The Balaban J connectivity index is 1.59. The van der Waals surface area contributed by atoms with E-state index in [1.807, 2.05) is 66.7 Å². The number of cyclic esters (lactones) is 1. The lowest BCUT2D eigenvalue weighted by molar-refractivity contribution is -0.143. The molecule has 0 aliphatic carbocycles. The molecule has 194 valence electrons. The highest BCUT2D eigenvalue weighted by Gasteiger charge is 2.51. The molecular formula is C30H34O5SSi. The summed E-state index contributed by atoms with van der Waals surface area (Å²) in [7, 11) is -2.73. The van der Waals surface area contributed by atoms with E-state index < -0.39 is 31.6 Å². The molecule has 3 aromatic carbocycles. The first kappa shape index (κ1) is 27.2. The Morgan fingerprint density at radius 1 is 0.919 bits per heavy atom. The molecule has 3 atom stereocenters. The van der Waals surface area contributed by atoms with Crippen LogP contribution in [0.5, 0.6) is 0 Å². The second kappa shape index (κ2) is 11.7. The smallest absolute Gasteiger partial charge is 0.320 e. The number of hydrogen-bond acceptors (Lipinski definition) is 5. The summed E-state index contributed by atoms with van der Waals surface area (Å²) in [5.41, 5.74) is 0. The highest BCUT2D eigenvalue weighted by atomic mass is 32.2. The number of carbonyl (C=O) groups is 2. The minimum atomic E-state index is -2.73. The van der Waals surface area contributed by atoms with Crippen LogP contribution >= 0.6 is 11.8 Å². The van der Waals surface area contributed by atoms with Crippen molar-refractivity contribution >= 4 is 42.4 Å². The monoisotopic (exact) mass is 534 g/mol. The molecule has 0 bridgehead atoms. The summed E-state index contributed by atoms with van der Waals surface area (Å²) in [4.78, 5) is 25.5. The van der Waals surface area contributed by atoms with Crippen molar-refractivity contribution in [2.45, 2.75) is 54.9 Å². The highest BCUT2D eigenvalue weighted by Crippen LogP contribution is 2.41. The number of carbonyl (C=O) groups excluding carboxylic acids is 1. The van der Waals surface area contributed by atoms with Gasteiger partial charge in [-0.2, -0.15) is 0 Å². The number of carboxylic acids is 1. The molecule has 3 aromatic rings. The molecule has 1 heterocycles. The number of esters is 1. The Labute approximate surface area is 224 Å². The normalized spacial score (nSPS) is 20.0. The minimum Gasteiger partial charge on any atom is -0.481 e. The molecule has 1 N–H and O–H groups in total. The summed E-state index contributed by atoms with van der Waals surface area (Å²) in [6.45, 7) is 7.02. The summed E-state index contributed by atoms with van der Waals surface area (Å²) in [5, 5.41) is 11.2. The van der Waals surface area contributed by atoms with Crippen LogP contribution in [0, 0.1) is 5.92 Å². The van der Waals surface area contributed by atoms with Gasteiger partial charge >= 0.3 is 11.9 Å². The first-order valence-electron chi connectivity index (χ1n) is 12.6. The first-order valence-corrected chi connectivity index (χ1v) is 15.4. The molecule has 1 fully saturated rings. The molecule has 1 saturated heterocycles. The number of thioether (sulfide) groups is 1. The summed E-state index contributed by atoms with van der Waals surface area (Å²) >= 11 is 1.38. The Kier molecular flexibility index (Phi) is 8.57. The fourth-order valence-electron chi connectivity index (χ4n) is 5.26. The zero-order valence-corrected chi connectivity index (χ0v) is 23.3. The van der Waals surface area contributed by atoms with Crippen molar-refractivity contribution in [1.29, 1.82) is 0 Å². The van der Waals surface area contributed by atoms with Gasteiger partial charge in [0.1, 0.15) is 11.4 Å². The number of aliphatic carboxylic acids is 1. The van der Waals surface area contributed by atoms with Crippen molar-refractivity contribution < 1.29 is 23.9 Å². The van der Waals surface area contributed by atoms with E-state index in [2.05, 4.69) is 45.0 Å². The van der Waals surface area contributed by atoms with E-state index in [1.54, 1.807) is 0 Å². The number of carboxylic acid groups (broad SMARTS) is 1. The van der Waals surface area contributed by atoms with Crippen molar-refractivity contribution in [2.75, 3.05) is 6.61 Å². The highest BCUT2D eigenvalue weighted by molar-refractivity contribution is 8.00. The Hall–Kier alpha value is -2.87. The Bertz CT molecular complexity index is 1140. The van der Waals surface area contributed by atoms with E-state index in [0.717, 1.165) is 4.90 Å². The minimum absolute atomic E-state index is 0.125. The van der Waals surface area contributed by atoms with E-state index >= 15 is 0 Å². The Morgan fingerprint density at radius 3 is 1.92 bits per heavy atom. The number of rotatable bonds is 10. The second-order valence-electron chi connectivity index (χ2n) is 10.4. The van der Waals surface area contributed by atoms with Crippen LogP contribution in [0.25, 0.3) is 0 Å². The lowest BCUT2D eigenvalue weighted by atomic mass is 9.95. The van der Waals surface area contributed by atoms with E-state index in [9.17, 15) is 14.7 Å². The van der Waals surface area contributed by atoms with Gasteiger partial charge in [-0.1, -0.05) is 99.6 Å². The average Bonchev–Trinajstić information content (AvgIpc) is 3.16. The van der Waals surface area contributed by atoms with Gasteiger partial charge in [0.05, 0.1) is 6.42 Å². The summed E-state index contributed by atoms with van der Waals surface area (Å²) < 4.78 is 12.7. The van der Waals surface area contributed by atoms with Crippen molar-refractivity contribution in [3.05, 3.63) is 91.0 Å². The standard InChI is InChI=1S/C30H34O5SSi/c1-30(2,3)37(23-15-9-5-10-16-23,24-17-11-6-12-18-24)34-20-19-26-25(21-27(31)32)28(29(33)35-26)36-22-13-7-4-8-14-22/h4-18,25-26,28H,19-21H2,1-3H3,(H,31,32)/t25-,26-,28+/m1/s1. The van der Waals surface area contributed by atoms with Crippen molar-refractivity contribution in [1.82, 2.24) is 0 Å². The molecule has 37 heavy (non-hydrogen) atoms. The third-order valence-electron chi connectivity index (χ3n) is 6.92. The topological polar surface area (TPSA) is 72.8 Å². The molecule has 0 unspecified atom stereocenters. The maximum absolute atomic E-state index is 12.9. The van der Waals surface area contributed by atoms with Crippen molar-refractivity contribution in [3.8, 4) is 0 Å². The predicted molar refractivity (Wildman–Crippen MR) is 150 cm³/mol. The van der Waals surface area contributed by atoms with E-state index in [-0.39, 0.29) is 17.4 Å². The maximum Gasteiger partial charge on any atom is 0.320 e. The van der Waals surface area contributed by atoms with Crippen molar-refractivity contribution in [3.63, 3.8) is 0 Å². The largest absolute Gasteiger partial charge is 0.481 e. The van der Waals surface area contributed by atoms with Gasteiger partial charge in [-0.05, 0) is 27.5 Å². The van der Waals surface area contributed by atoms with Crippen LogP contribution < -0.4 is 10.4 Å². The van der Waals surface area contributed by atoms with Gasteiger partial charge in [0.15, 0.2) is 0 Å². The third-order valence-corrected chi connectivity index (χ3v) is 13.3. The van der Waals surface area contributed by atoms with Crippen LogP contribution in [0.2, 0.25) is 5.04 Å². The quantitative estimate of drug-likeness (QED) is 0.287. The van der Waals surface area contributed by atoms with Crippen LogP contribution in [0.1, 0.15) is 33.6 Å². The van der Waals surface area contributed by atoms with Crippen LogP contribution in [0.15, 0.2) is 95.9 Å².